The maximum atomic E-state index is 6.40. The zero-order valence-corrected chi connectivity index (χ0v) is 23.3. The van der Waals surface area contributed by atoms with Crippen molar-refractivity contribution in [1.29, 1.82) is 0 Å². The summed E-state index contributed by atoms with van der Waals surface area (Å²) in [6.45, 7) is 0. The maximum Gasteiger partial charge on any atom is 0.135 e. The van der Waals surface area contributed by atoms with Gasteiger partial charge in [0.15, 0.2) is 0 Å². The fraction of sp³-hybridized carbons (Fsp3) is 0. The van der Waals surface area contributed by atoms with Crippen LogP contribution in [-0.4, -0.2) is 4.98 Å². The molecule has 200 valence electrons. The molecule has 2 heterocycles. The Morgan fingerprint density at radius 1 is 0.372 bits per heavy atom. The van der Waals surface area contributed by atoms with Gasteiger partial charge in [0.1, 0.15) is 11.5 Å². The third-order valence-corrected chi connectivity index (χ3v) is 8.63. The second-order valence-electron chi connectivity index (χ2n) is 11.2. The lowest BCUT2D eigenvalue weighted by molar-refractivity contribution is 0.487. The van der Waals surface area contributed by atoms with Gasteiger partial charge < -0.3 is 4.74 Å². The van der Waals surface area contributed by atoms with Crippen molar-refractivity contribution >= 4 is 32.3 Å². The first-order valence-corrected chi connectivity index (χ1v) is 14.6. The molecule has 0 N–H and O–H groups in total. The number of hydrogen-bond acceptors (Lipinski definition) is 2. The standard InChI is InChI=1S/C41H25NO/c1-3-10-28-22-30(18-16-26(28)8-1)37-24-32(25-38(42-37)31-19-17-27-9-2-4-11-29(27)23-31)33-20-21-40-41-35(33)13-7-14-36(41)34-12-5-6-15-39(34)43-40/h1-25H. The normalized spacial score (nSPS) is 11.9. The fourth-order valence-corrected chi connectivity index (χ4v) is 6.51. The summed E-state index contributed by atoms with van der Waals surface area (Å²) < 4.78 is 6.40. The number of pyridine rings is 1. The number of nitrogens with zero attached hydrogens (tertiary/aromatic N) is 1. The Morgan fingerprint density at radius 3 is 1.67 bits per heavy atom. The Balaban J connectivity index is 1.29. The maximum absolute atomic E-state index is 6.40. The molecule has 9 rings (SSSR count). The molecule has 8 aromatic rings. The molecule has 7 aromatic carbocycles. The van der Waals surface area contributed by atoms with Crippen molar-refractivity contribution in [3.63, 3.8) is 0 Å². The van der Waals surface area contributed by atoms with Crippen LogP contribution in [-0.2, 0) is 0 Å². The van der Waals surface area contributed by atoms with Crippen molar-refractivity contribution in [2.75, 3.05) is 0 Å². The van der Waals surface area contributed by atoms with Crippen molar-refractivity contribution in [2.24, 2.45) is 0 Å². The first kappa shape index (κ1) is 23.9. The van der Waals surface area contributed by atoms with Crippen molar-refractivity contribution in [3.8, 4) is 56.3 Å². The molecule has 0 spiro atoms. The van der Waals surface area contributed by atoms with Gasteiger partial charge in [-0.1, -0.05) is 115 Å². The summed E-state index contributed by atoms with van der Waals surface area (Å²) in [5.74, 6) is 1.79. The summed E-state index contributed by atoms with van der Waals surface area (Å²) in [6.07, 6.45) is 0. The molecule has 0 bridgehead atoms. The molecule has 0 saturated heterocycles. The van der Waals surface area contributed by atoms with Crippen LogP contribution in [0.25, 0.3) is 77.1 Å². The van der Waals surface area contributed by atoms with Crippen LogP contribution in [0.1, 0.15) is 0 Å². The Bertz CT molecular complexity index is 2290. The third kappa shape index (κ3) is 3.92. The van der Waals surface area contributed by atoms with Crippen LogP contribution >= 0.6 is 0 Å². The number of para-hydroxylation sites is 1. The SMILES string of the molecule is c1ccc2c(c1)Oc1ccc(-c3cc(-c4ccc5ccccc5c4)nc(-c4ccc5ccccc5c4)c3)c3cccc-2c13. The molecule has 0 amide bonds. The molecule has 43 heavy (non-hydrogen) atoms. The molecule has 2 nitrogen and oxygen atoms in total. The molecule has 0 radical (unpaired) electrons. The molecule has 0 aliphatic carbocycles. The molecular formula is C41H25NO. The number of ether oxygens (including phenoxy) is 1. The van der Waals surface area contributed by atoms with E-state index in [-0.39, 0.29) is 0 Å². The van der Waals surface area contributed by atoms with Gasteiger partial charge in [-0.3, -0.25) is 0 Å². The van der Waals surface area contributed by atoms with Crippen molar-refractivity contribution < 1.29 is 4.74 Å². The molecule has 1 aliphatic heterocycles. The lowest BCUT2D eigenvalue weighted by Gasteiger charge is -2.22. The van der Waals surface area contributed by atoms with E-state index >= 15 is 0 Å². The van der Waals surface area contributed by atoms with Gasteiger partial charge in [0.2, 0.25) is 0 Å². The molecule has 0 saturated carbocycles. The Kier molecular flexibility index (Phi) is 5.23. The number of hydrogen-bond donors (Lipinski definition) is 0. The highest BCUT2D eigenvalue weighted by Gasteiger charge is 2.21. The van der Waals surface area contributed by atoms with E-state index in [0.29, 0.717) is 0 Å². The van der Waals surface area contributed by atoms with Gasteiger partial charge in [0.25, 0.3) is 0 Å². The van der Waals surface area contributed by atoms with E-state index in [2.05, 4.69) is 140 Å². The second kappa shape index (κ2) is 9.40. The van der Waals surface area contributed by atoms with E-state index in [1.54, 1.807) is 0 Å². The highest BCUT2D eigenvalue weighted by atomic mass is 16.5. The first-order chi connectivity index (χ1) is 21.3. The minimum absolute atomic E-state index is 0.895. The van der Waals surface area contributed by atoms with E-state index in [9.17, 15) is 0 Å². The highest BCUT2D eigenvalue weighted by molar-refractivity contribution is 6.10. The average molecular weight is 548 g/mol. The predicted molar refractivity (Wildman–Crippen MR) is 179 cm³/mol. The van der Waals surface area contributed by atoms with Crippen LogP contribution in [0, 0.1) is 0 Å². The Labute approximate surface area is 249 Å². The highest BCUT2D eigenvalue weighted by Crippen LogP contribution is 2.48. The molecular weight excluding hydrogens is 522 g/mol. The van der Waals surface area contributed by atoms with Crippen LogP contribution in [0.2, 0.25) is 0 Å². The van der Waals surface area contributed by atoms with Gasteiger partial charge in [-0.05, 0) is 80.0 Å². The first-order valence-electron chi connectivity index (χ1n) is 14.6. The van der Waals surface area contributed by atoms with Gasteiger partial charge in [0, 0.05) is 22.1 Å². The number of benzene rings is 7. The van der Waals surface area contributed by atoms with Crippen LogP contribution in [0.5, 0.6) is 11.5 Å². The summed E-state index contributed by atoms with van der Waals surface area (Å²) in [6, 6.07) is 53.8. The van der Waals surface area contributed by atoms with Crippen LogP contribution in [0.4, 0.5) is 0 Å². The van der Waals surface area contributed by atoms with Gasteiger partial charge in [-0.25, -0.2) is 4.98 Å². The average Bonchev–Trinajstić information content (AvgIpc) is 3.08. The molecule has 2 heteroatoms. The molecule has 0 fully saturated rings. The molecule has 0 unspecified atom stereocenters. The number of aromatic nitrogens is 1. The summed E-state index contributed by atoms with van der Waals surface area (Å²) in [7, 11) is 0. The van der Waals surface area contributed by atoms with Crippen LogP contribution in [0.3, 0.4) is 0 Å². The minimum atomic E-state index is 0.895. The van der Waals surface area contributed by atoms with Gasteiger partial charge in [0.05, 0.1) is 11.4 Å². The van der Waals surface area contributed by atoms with E-state index < -0.39 is 0 Å². The zero-order valence-electron chi connectivity index (χ0n) is 23.3. The quantitative estimate of drug-likeness (QED) is 0.219. The lowest BCUT2D eigenvalue weighted by Crippen LogP contribution is -1.98. The van der Waals surface area contributed by atoms with Crippen molar-refractivity contribution in [1.82, 2.24) is 4.98 Å². The third-order valence-electron chi connectivity index (χ3n) is 8.63. The van der Waals surface area contributed by atoms with E-state index in [0.717, 1.165) is 56.1 Å². The van der Waals surface area contributed by atoms with Crippen molar-refractivity contribution in [3.05, 3.63) is 152 Å². The van der Waals surface area contributed by atoms with Gasteiger partial charge in [-0.2, -0.15) is 0 Å². The predicted octanol–water partition coefficient (Wildman–Crippen LogP) is 11.3. The second-order valence-corrected chi connectivity index (χ2v) is 11.2. The van der Waals surface area contributed by atoms with E-state index in [1.807, 2.05) is 12.1 Å². The summed E-state index contributed by atoms with van der Waals surface area (Å²) >= 11 is 0. The largest absolute Gasteiger partial charge is 0.456 e. The number of fused-ring (bicyclic) bond motifs is 4. The van der Waals surface area contributed by atoms with Crippen LogP contribution in [0.15, 0.2) is 152 Å². The summed E-state index contributed by atoms with van der Waals surface area (Å²) in [5.41, 5.74) is 8.72. The summed E-state index contributed by atoms with van der Waals surface area (Å²) in [5, 5.41) is 7.18. The monoisotopic (exact) mass is 547 g/mol. The topological polar surface area (TPSA) is 22.1 Å². The Hall–Kier alpha value is -5.73. The van der Waals surface area contributed by atoms with E-state index in [1.165, 1.54) is 32.5 Å². The minimum Gasteiger partial charge on any atom is -0.456 e. The molecule has 0 atom stereocenters. The Morgan fingerprint density at radius 2 is 0.977 bits per heavy atom. The fourth-order valence-electron chi connectivity index (χ4n) is 6.51. The lowest BCUT2D eigenvalue weighted by atomic mass is 9.90. The van der Waals surface area contributed by atoms with E-state index in [4.69, 9.17) is 9.72 Å². The molecule has 1 aromatic heterocycles. The molecule has 1 aliphatic rings. The zero-order chi connectivity index (χ0) is 28.3. The van der Waals surface area contributed by atoms with Gasteiger partial charge in [-0.15, -0.1) is 0 Å². The number of rotatable bonds is 3. The smallest absolute Gasteiger partial charge is 0.135 e. The van der Waals surface area contributed by atoms with Crippen LogP contribution < -0.4 is 4.74 Å². The van der Waals surface area contributed by atoms with Crippen molar-refractivity contribution in [2.45, 2.75) is 0 Å². The van der Waals surface area contributed by atoms with Gasteiger partial charge >= 0.3 is 0 Å². The summed E-state index contributed by atoms with van der Waals surface area (Å²) in [4.78, 5) is 5.26.